The highest BCUT2D eigenvalue weighted by molar-refractivity contribution is 5.98. The monoisotopic (exact) mass is 367 g/mol. The summed E-state index contributed by atoms with van der Waals surface area (Å²) >= 11 is 0. The van der Waals surface area contributed by atoms with Crippen LogP contribution in [-0.4, -0.2) is 45.1 Å². The maximum absolute atomic E-state index is 13.0. The molecule has 0 bridgehead atoms. The van der Waals surface area contributed by atoms with Gasteiger partial charge < -0.3 is 14.7 Å². The molecule has 1 aliphatic carbocycles. The Bertz CT molecular complexity index is 850. The van der Waals surface area contributed by atoms with E-state index >= 15 is 0 Å². The number of hydrogen-bond acceptors (Lipinski definition) is 5. The van der Waals surface area contributed by atoms with Gasteiger partial charge in [-0.3, -0.25) is 9.78 Å². The molecule has 0 unspecified atom stereocenters. The lowest BCUT2D eigenvalue weighted by Crippen LogP contribution is -2.45. The van der Waals surface area contributed by atoms with Gasteiger partial charge >= 0.3 is 0 Å². The number of aromatic nitrogens is 2. The van der Waals surface area contributed by atoms with Crippen molar-refractivity contribution in [2.45, 2.75) is 57.7 Å². The Morgan fingerprint density at radius 2 is 2.11 bits per heavy atom. The van der Waals surface area contributed by atoms with Crippen LogP contribution in [0.2, 0.25) is 0 Å². The summed E-state index contributed by atoms with van der Waals surface area (Å²) in [5, 5.41) is 10.3. The third-order valence-electron chi connectivity index (χ3n) is 5.70. The molecule has 1 saturated carbocycles. The number of carbonyl (C=O) groups excluding carboxylic acids is 1. The molecule has 1 aliphatic heterocycles. The van der Waals surface area contributed by atoms with E-state index in [0.717, 1.165) is 48.2 Å². The van der Waals surface area contributed by atoms with Crippen molar-refractivity contribution in [2.75, 3.05) is 7.11 Å². The summed E-state index contributed by atoms with van der Waals surface area (Å²) in [6.07, 6.45) is 5.76. The molecule has 2 aromatic rings. The fourth-order valence-electron chi connectivity index (χ4n) is 4.15. The van der Waals surface area contributed by atoms with Crippen LogP contribution in [-0.2, 0) is 13.0 Å². The molecule has 0 saturated heterocycles. The van der Waals surface area contributed by atoms with Gasteiger partial charge in [0.05, 0.1) is 37.1 Å². The maximum Gasteiger partial charge on any atom is 0.256 e. The summed E-state index contributed by atoms with van der Waals surface area (Å²) in [4.78, 5) is 23.8. The Labute approximate surface area is 159 Å². The predicted molar refractivity (Wildman–Crippen MR) is 101 cm³/mol. The molecule has 2 aliphatic rings. The van der Waals surface area contributed by atoms with Gasteiger partial charge in [-0.2, -0.15) is 0 Å². The van der Waals surface area contributed by atoms with Crippen LogP contribution in [0.25, 0.3) is 0 Å². The van der Waals surface area contributed by atoms with E-state index in [4.69, 9.17) is 9.72 Å². The number of fused-ring (bicyclic) bond motifs is 1. The van der Waals surface area contributed by atoms with Gasteiger partial charge in [0, 0.05) is 24.4 Å². The number of carbonyl (C=O) groups is 1. The number of pyridine rings is 2. The third kappa shape index (κ3) is 3.41. The fourth-order valence-corrected chi connectivity index (χ4v) is 4.15. The molecule has 2 aromatic heterocycles. The quantitative estimate of drug-likeness (QED) is 0.899. The number of ether oxygens (including phenoxy) is 1. The van der Waals surface area contributed by atoms with Crippen LogP contribution < -0.4 is 4.74 Å². The van der Waals surface area contributed by atoms with Gasteiger partial charge in [-0.1, -0.05) is 18.9 Å². The summed E-state index contributed by atoms with van der Waals surface area (Å²) in [6.45, 7) is 2.48. The Balaban J connectivity index is 1.57. The Morgan fingerprint density at radius 1 is 1.30 bits per heavy atom. The van der Waals surface area contributed by atoms with Gasteiger partial charge in [0.1, 0.15) is 0 Å². The molecular formula is C21H25N3O3. The molecule has 0 spiro atoms. The third-order valence-corrected chi connectivity index (χ3v) is 5.70. The van der Waals surface area contributed by atoms with E-state index in [0.29, 0.717) is 24.4 Å². The first-order chi connectivity index (χ1) is 13.1. The van der Waals surface area contributed by atoms with Gasteiger partial charge in [0.2, 0.25) is 5.88 Å². The highest BCUT2D eigenvalue weighted by Gasteiger charge is 2.38. The minimum absolute atomic E-state index is 0.00226. The van der Waals surface area contributed by atoms with Crippen LogP contribution in [0, 0.1) is 6.92 Å². The molecule has 4 rings (SSSR count). The van der Waals surface area contributed by atoms with E-state index in [2.05, 4.69) is 4.98 Å². The van der Waals surface area contributed by atoms with Gasteiger partial charge in [-0.15, -0.1) is 0 Å². The van der Waals surface area contributed by atoms with E-state index in [9.17, 15) is 9.90 Å². The van der Waals surface area contributed by atoms with E-state index in [1.165, 1.54) is 0 Å². The van der Waals surface area contributed by atoms with Crippen molar-refractivity contribution in [2.24, 2.45) is 0 Å². The van der Waals surface area contributed by atoms with Gasteiger partial charge in [-0.05, 0) is 37.0 Å². The second-order valence-electron chi connectivity index (χ2n) is 7.46. The van der Waals surface area contributed by atoms with Crippen LogP contribution >= 0.6 is 0 Å². The maximum atomic E-state index is 13.0. The molecule has 3 heterocycles. The average molecular weight is 367 g/mol. The molecule has 0 radical (unpaired) electrons. The van der Waals surface area contributed by atoms with Crippen LogP contribution in [0.15, 0.2) is 24.4 Å². The lowest BCUT2D eigenvalue weighted by Gasteiger charge is -2.34. The SMILES string of the molecule is COc1ccc(Cc2cc3c(nc2C)CN([C@H]2CCCC[C@@H]2O)C3=O)cn1. The van der Waals surface area contributed by atoms with Crippen molar-refractivity contribution in [3.8, 4) is 5.88 Å². The lowest BCUT2D eigenvalue weighted by molar-refractivity contribution is 0.0189. The van der Waals surface area contributed by atoms with E-state index in [1.807, 2.05) is 30.0 Å². The Hall–Kier alpha value is -2.47. The first kappa shape index (κ1) is 17.9. The zero-order valence-corrected chi connectivity index (χ0v) is 15.8. The number of methoxy groups -OCH3 is 1. The zero-order valence-electron chi connectivity index (χ0n) is 15.8. The summed E-state index contributed by atoms with van der Waals surface area (Å²) in [6, 6.07) is 5.70. The van der Waals surface area contributed by atoms with Crippen molar-refractivity contribution in [3.05, 3.63) is 52.5 Å². The van der Waals surface area contributed by atoms with Crippen molar-refractivity contribution in [1.82, 2.24) is 14.9 Å². The number of hydrogen-bond donors (Lipinski definition) is 1. The zero-order chi connectivity index (χ0) is 19.0. The van der Waals surface area contributed by atoms with Crippen LogP contribution in [0.1, 0.15) is 58.6 Å². The Morgan fingerprint density at radius 3 is 2.81 bits per heavy atom. The number of nitrogens with zero attached hydrogens (tertiary/aromatic N) is 3. The summed E-state index contributed by atoms with van der Waals surface area (Å²) in [5.74, 6) is 0.581. The second-order valence-corrected chi connectivity index (χ2v) is 7.46. The van der Waals surface area contributed by atoms with Crippen LogP contribution in [0.4, 0.5) is 0 Å². The predicted octanol–water partition coefficient (Wildman–Crippen LogP) is 2.64. The average Bonchev–Trinajstić information content (AvgIpc) is 2.98. The van der Waals surface area contributed by atoms with Crippen LogP contribution in [0.5, 0.6) is 5.88 Å². The minimum Gasteiger partial charge on any atom is -0.481 e. The number of amides is 1. The van der Waals surface area contributed by atoms with Crippen molar-refractivity contribution in [1.29, 1.82) is 0 Å². The standard InChI is InChI=1S/C21H25N3O3/c1-13-15(9-14-7-8-20(27-2)22-11-14)10-16-17(23-13)12-24(21(16)26)18-5-3-4-6-19(18)25/h7-8,10-11,18-19,25H,3-6,9,12H2,1-2H3/t18-,19-/m0/s1. The van der Waals surface area contributed by atoms with Crippen molar-refractivity contribution >= 4 is 5.91 Å². The molecule has 6 heteroatoms. The van der Waals surface area contributed by atoms with Crippen molar-refractivity contribution in [3.63, 3.8) is 0 Å². The van der Waals surface area contributed by atoms with Gasteiger partial charge in [-0.25, -0.2) is 4.98 Å². The number of aliphatic hydroxyl groups excluding tert-OH is 1. The van der Waals surface area contributed by atoms with Gasteiger partial charge in [0.15, 0.2) is 0 Å². The largest absolute Gasteiger partial charge is 0.481 e. The number of rotatable bonds is 4. The number of aliphatic hydroxyl groups is 1. The summed E-state index contributed by atoms with van der Waals surface area (Å²) < 4.78 is 5.10. The first-order valence-electron chi connectivity index (χ1n) is 9.54. The highest BCUT2D eigenvalue weighted by Crippen LogP contribution is 2.31. The summed E-state index contributed by atoms with van der Waals surface area (Å²) in [7, 11) is 1.59. The smallest absolute Gasteiger partial charge is 0.256 e. The molecule has 2 atom stereocenters. The van der Waals surface area contributed by atoms with Crippen LogP contribution in [0.3, 0.4) is 0 Å². The normalized spacial score (nSPS) is 22.0. The van der Waals surface area contributed by atoms with Crippen molar-refractivity contribution < 1.29 is 14.6 Å². The molecule has 1 amide bonds. The van der Waals surface area contributed by atoms with E-state index in [-0.39, 0.29) is 11.9 Å². The van der Waals surface area contributed by atoms with Gasteiger partial charge in [0.25, 0.3) is 5.91 Å². The van der Waals surface area contributed by atoms with E-state index < -0.39 is 6.10 Å². The highest BCUT2D eigenvalue weighted by atomic mass is 16.5. The lowest BCUT2D eigenvalue weighted by atomic mass is 9.91. The summed E-state index contributed by atoms with van der Waals surface area (Å²) in [5.41, 5.74) is 4.51. The van der Waals surface area contributed by atoms with E-state index in [1.54, 1.807) is 13.3 Å². The fraction of sp³-hybridized carbons (Fsp3) is 0.476. The topological polar surface area (TPSA) is 75.6 Å². The Kier molecular flexibility index (Phi) is 4.83. The second kappa shape index (κ2) is 7.27. The minimum atomic E-state index is -0.428. The molecule has 27 heavy (non-hydrogen) atoms. The molecule has 142 valence electrons. The molecule has 6 nitrogen and oxygen atoms in total. The molecule has 0 aromatic carbocycles. The number of aryl methyl sites for hydroxylation is 1. The molecular weight excluding hydrogens is 342 g/mol. The molecule has 1 N–H and O–H groups in total. The molecule has 1 fully saturated rings. The first-order valence-corrected chi connectivity index (χ1v) is 9.54.